The third-order valence-corrected chi connectivity index (χ3v) is 3.09. The van der Waals surface area contributed by atoms with Crippen LogP contribution in [-0.2, 0) is 6.42 Å². The van der Waals surface area contributed by atoms with Gasteiger partial charge in [-0.1, -0.05) is 29.8 Å². The van der Waals surface area contributed by atoms with Crippen molar-refractivity contribution in [2.75, 3.05) is 7.05 Å². The van der Waals surface area contributed by atoms with Crippen molar-refractivity contribution in [3.8, 4) is 0 Å². The number of rotatable bonds is 3. The van der Waals surface area contributed by atoms with E-state index < -0.39 is 0 Å². The van der Waals surface area contributed by atoms with Gasteiger partial charge in [0.1, 0.15) is 5.15 Å². The molecule has 0 aliphatic carbocycles. The van der Waals surface area contributed by atoms with Crippen LogP contribution in [0.25, 0.3) is 10.9 Å². The second-order valence-electron chi connectivity index (χ2n) is 3.86. The maximum atomic E-state index is 6.19. The molecule has 0 radical (unpaired) electrons. The van der Waals surface area contributed by atoms with Crippen molar-refractivity contribution in [2.45, 2.75) is 19.4 Å². The average Bonchev–Trinajstić information content (AvgIpc) is 2.55. The molecular weight excluding hydrogens is 208 g/mol. The van der Waals surface area contributed by atoms with Crippen LogP contribution in [0, 0.1) is 0 Å². The molecule has 0 aliphatic heterocycles. The summed E-state index contributed by atoms with van der Waals surface area (Å²) in [5.74, 6) is 0. The fourth-order valence-corrected chi connectivity index (χ4v) is 2.06. The van der Waals surface area contributed by atoms with Gasteiger partial charge in [-0.15, -0.1) is 0 Å². The van der Waals surface area contributed by atoms with Gasteiger partial charge in [-0.2, -0.15) is 0 Å². The molecule has 1 aromatic heterocycles. The molecule has 0 spiro atoms. The van der Waals surface area contributed by atoms with E-state index in [1.807, 2.05) is 19.2 Å². The molecule has 2 N–H and O–H groups in total. The SMILES string of the molecule is CN[C@H](C)Cc1c(Cl)[nH]c2ccccc12. The Labute approximate surface area is 94.6 Å². The highest BCUT2D eigenvalue weighted by Gasteiger charge is 2.11. The fourth-order valence-electron chi connectivity index (χ4n) is 1.77. The summed E-state index contributed by atoms with van der Waals surface area (Å²) in [6.07, 6.45) is 0.944. The van der Waals surface area contributed by atoms with Crippen molar-refractivity contribution in [1.82, 2.24) is 10.3 Å². The van der Waals surface area contributed by atoms with Crippen molar-refractivity contribution in [3.63, 3.8) is 0 Å². The number of H-pyrrole nitrogens is 1. The number of aromatic nitrogens is 1. The van der Waals surface area contributed by atoms with E-state index in [9.17, 15) is 0 Å². The predicted octanol–water partition coefficient (Wildman–Crippen LogP) is 2.97. The highest BCUT2D eigenvalue weighted by atomic mass is 35.5. The van der Waals surface area contributed by atoms with Gasteiger partial charge in [0.05, 0.1) is 0 Å². The Hall–Kier alpha value is -0.990. The molecule has 3 heteroatoms. The monoisotopic (exact) mass is 222 g/mol. The Balaban J connectivity index is 2.45. The molecule has 0 fully saturated rings. The number of nitrogens with one attached hydrogen (secondary N) is 2. The lowest BCUT2D eigenvalue weighted by molar-refractivity contribution is 0.610. The number of para-hydroxylation sites is 1. The van der Waals surface area contributed by atoms with Crippen molar-refractivity contribution < 1.29 is 0 Å². The van der Waals surface area contributed by atoms with Crippen molar-refractivity contribution in [2.24, 2.45) is 0 Å². The fraction of sp³-hybridized carbons (Fsp3) is 0.333. The van der Waals surface area contributed by atoms with E-state index in [-0.39, 0.29) is 0 Å². The topological polar surface area (TPSA) is 27.8 Å². The maximum absolute atomic E-state index is 6.19. The van der Waals surface area contributed by atoms with Crippen LogP contribution in [-0.4, -0.2) is 18.1 Å². The summed E-state index contributed by atoms with van der Waals surface area (Å²) in [5, 5.41) is 5.21. The predicted molar refractivity (Wildman–Crippen MR) is 65.5 cm³/mol. The first kappa shape index (κ1) is 10.5. The standard InChI is InChI=1S/C12H15ClN2/c1-8(14-2)7-10-9-5-3-4-6-11(9)15-12(10)13/h3-6,8,14-15H,7H2,1-2H3/t8-/m1/s1. The number of hydrogen-bond donors (Lipinski definition) is 2. The van der Waals surface area contributed by atoms with Crippen LogP contribution < -0.4 is 5.32 Å². The Morgan fingerprint density at radius 3 is 2.87 bits per heavy atom. The second-order valence-corrected chi connectivity index (χ2v) is 4.23. The van der Waals surface area contributed by atoms with Crippen LogP contribution in [0.2, 0.25) is 5.15 Å². The quantitative estimate of drug-likeness (QED) is 0.821. The summed E-state index contributed by atoms with van der Waals surface area (Å²) in [5.41, 5.74) is 2.31. The van der Waals surface area contributed by atoms with Gasteiger partial charge in [0, 0.05) is 16.9 Å². The first-order valence-electron chi connectivity index (χ1n) is 5.14. The van der Waals surface area contributed by atoms with Crippen LogP contribution in [0.4, 0.5) is 0 Å². The van der Waals surface area contributed by atoms with Crippen molar-refractivity contribution in [3.05, 3.63) is 35.0 Å². The molecule has 2 aromatic rings. The second kappa shape index (κ2) is 4.25. The first-order valence-corrected chi connectivity index (χ1v) is 5.52. The van der Waals surface area contributed by atoms with Gasteiger partial charge in [-0.05, 0) is 32.0 Å². The summed E-state index contributed by atoms with van der Waals surface area (Å²) in [4.78, 5) is 3.19. The number of likely N-dealkylation sites (N-methyl/N-ethyl adjacent to an activating group) is 1. The first-order chi connectivity index (χ1) is 7.22. The van der Waals surface area contributed by atoms with E-state index in [0.717, 1.165) is 17.1 Å². The molecule has 0 bridgehead atoms. The lowest BCUT2D eigenvalue weighted by Crippen LogP contribution is -2.23. The average molecular weight is 223 g/mol. The molecule has 2 rings (SSSR count). The molecule has 80 valence electrons. The van der Waals surface area contributed by atoms with E-state index in [4.69, 9.17) is 11.6 Å². The highest BCUT2D eigenvalue weighted by molar-refractivity contribution is 6.31. The minimum absolute atomic E-state index is 0.432. The summed E-state index contributed by atoms with van der Waals surface area (Å²) in [7, 11) is 1.97. The van der Waals surface area contributed by atoms with Gasteiger partial charge in [0.25, 0.3) is 0 Å². The summed E-state index contributed by atoms with van der Waals surface area (Å²) in [6.45, 7) is 2.15. The van der Waals surface area contributed by atoms with Gasteiger partial charge in [-0.25, -0.2) is 0 Å². The smallest absolute Gasteiger partial charge is 0.110 e. The van der Waals surface area contributed by atoms with Gasteiger partial charge < -0.3 is 10.3 Å². The van der Waals surface area contributed by atoms with Gasteiger partial charge in [-0.3, -0.25) is 0 Å². The minimum atomic E-state index is 0.432. The van der Waals surface area contributed by atoms with Crippen LogP contribution >= 0.6 is 11.6 Å². The lowest BCUT2D eigenvalue weighted by Gasteiger charge is -2.09. The molecule has 1 aromatic carbocycles. The number of hydrogen-bond acceptors (Lipinski definition) is 1. The van der Waals surface area contributed by atoms with E-state index in [1.54, 1.807) is 0 Å². The molecule has 0 unspecified atom stereocenters. The molecule has 1 heterocycles. The zero-order valence-corrected chi connectivity index (χ0v) is 9.73. The van der Waals surface area contributed by atoms with Crippen LogP contribution in [0.15, 0.2) is 24.3 Å². The Kier molecular flexibility index (Phi) is 2.98. The molecular formula is C12H15ClN2. The maximum Gasteiger partial charge on any atom is 0.110 e. The minimum Gasteiger partial charge on any atom is -0.345 e. The van der Waals surface area contributed by atoms with Crippen molar-refractivity contribution >= 4 is 22.5 Å². The van der Waals surface area contributed by atoms with E-state index in [1.165, 1.54) is 10.9 Å². The van der Waals surface area contributed by atoms with Crippen LogP contribution in [0.1, 0.15) is 12.5 Å². The van der Waals surface area contributed by atoms with Crippen LogP contribution in [0.3, 0.4) is 0 Å². The normalized spacial score (nSPS) is 13.3. The van der Waals surface area contributed by atoms with Crippen molar-refractivity contribution in [1.29, 1.82) is 0 Å². The summed E-state index contributed by atoms with van der Waals surface area (Å²) < 4.78 is 0. The summed E-state index contributed by atoms with van der Waals surface area (Å²) in [6, 6.07) is 8.65. The lowest BCUT2D eigenvalue weighted by atomic mass is 10.1. The molecule has 0 amide bonds. The Morgan fingerprint density at radius 2 is 2.13 bits per heavy atom. The molecule has 2 nitrogen and oxygen atoms in total. The Bertz CT molecular complexity index is 462. The van der Waals surface area contributed by atoms with Gasteiger partial charge in [0.15, 0.2) is 0 Å². The van der Waals surface area contributed by atoms with E-state index in [0.29, 0.717) is 6.04 Å². The largest absolute Gasteiger partial charge is 0.345 e. The molecule has 0 saturated heterocycles. The van der Waals surface area contributed by atoms with Crippen LogP contribution in [0.5, 0.6) is 0 Å². The third-order valence-electron chi connectivity index (χ3n) is 2.76. The van der Waals surface area contributed by atoms with Gasteiger partial charge >= 0.3 is 0 Å². The highest BCUT2D eigenvalue weighted by Crippen LogP contribution is 2.26. The molecule has 0 saturated carbocycles. The third kappa shape index (κ3) is 2.01. The Morgan fingerprint density at radius 1 is 1.40 bits per heavy atom. The zero-order chi connectivity index (χ0) is 10.8. The summed E-state index contributed by atoms with van der Waals surface area (Å²) >= 11 is 6.19. The number of benzene rings is 1. The number of aromatic amines is 1. The van der Waals surface area contributed by atoms with Gasteiger partial charge in [0.2, 0.25) is 0 Å². The number of fused-ring (bicyclic) bond motifs is 1. The number of halogens is 1. The zero-order valence-electron chi connectivity index (χ0n) is 8.97. The van der Waals surface area contributed by atoms with E-state index >= 15 is 0 Å². The van der Waals surface area contributed by atoms with E-state index in [2.05, 4.69) is 29.4 Å². The molecule has 0 aliphatic rings. The molecule has 1 atom stereocenters. The molecule has 15 heavy (non-hydrogen) atoms.